The minimum Gasteiger partial charge on any atom is -0.245 e. The molecule has 0 atom stereocenters. The van der Waals surface area contributed by atoms with Gasteiger partial charge in [0.1, 0.15) is 11.8 Å². The van der Waals surface area contributed by atoms with Crippen molar-refractivity contribution >= 4 is 11.6 Å². The topological polar surface area (TPSA) is 36.7 Å². The van der Waals surface area contributed by atoms with E-state index in [0.29, 0.717) is 10.7 Å². The summed E-state index contributed by atoms with van der Waals surface area (Å²) in [7, 11) is 0. The molecule has 16 heavy (non-hydrogen) atoms. The highest BCUT2D eigenvalue weighted by Crippen LogP contribution is 2.25. The van der Waals surface area contributed by atoms with Crippen LogP contribution in [-0.4, -0.2) is 4.98 Å². The Balaban J connectivity index is 2.60. The monoisotopic (exact) mass is 228 g/mol. The summed E-state index contributed by atoms with van der Waals surface area (Å²) in [5.41, 5.74) is 3.44. The lowest BCUT2D eigenvalue weighted by atomic mass is 10.0. The van der Waals surface area contributed by atoms with Gasteiger partial charge < -0.3 is 0 Å². The second-order valence-corrected chi connectivity index (χ2v) is 3.94. The van der Waals surface area contributed by atoms with Gasteiger partial charge in [0.2, 0.25) is 0 Å². The molecule has 0 bridgehead atoms. The van der Waals surface area contributed by atoms with Crippen molar-refractivity contribution in [3.05, 3.63) is 52.8 Å². The molecule has 1 aromatic carbocycles. The number of nitriles is 1. The van der Waals surface area contributed by atoms with Crippen molar-refractivity contribution in [2.45, 2.75) is 6.92 Å². The van der Waals surface area contributed by atoms with Crippen LogP contribution in [0, 0.1) is 18.3 Å². The van der Waals surface area contributed by atoms with E-state index in [0.717, 1.165) is 16.7 Å². The molecule has 0 saturated heterocycles. The molecular formula is C13H9ClN2. The van der Waals surface area contributed by atoms with Gasteiger partial charge in [-0.3, -0.25) is 0 Å². The van der Waals surface area contributed by atoms with Crippen molar-refractivity contribution in [1.29, 1.82) is 5.26 Å². The van der Waals surface area contributed by atoms with Crippen molar-refractivity contribution in [1.82, 2.24) is 4.98 Å². The third-order valence-electron chi connectivity index (χ3n) is 2.35. The number of hydrogen-bond acceptors (Lipinski definition) is 2. The van der Waals surface area contributed by atoms with E-state index in [-0.39, 0.29) is 0 Å². The highest BCUT2D eigenvalue weighted by molar-refractivity contribution is 6.30. The summed E-state index contributed by atoms with van der Waals surface area (Å²) in [6.07, 6.45) is 1.70. The van der Waals surface area contributed by atoms with Gasteiger partial charge in [-0.25, -0.2) is 4.98 Å². The van der Waals surface area contributed by atoms with Crippen molar-refractivity contribution in [2.75, 3.05) is 0 Å². The molecular weight excluding hydrogens is 220 g/mol. The van der Waals surface area contributed by atoms with Crippen molar-refractivity contribution in [3.8, 4) is 17.2 Å². The largest absolute Gasteiger partial charge is 0.245 e. The molecule has 0 aliphatic rings. The summed E-state index contributed by atoms with van der Waals surface area (Å²) in [5.74, 6) is 0. The Morgan fingerprint density at radius 2 is 2.12 bits per heavy atom. The lowest BCUT2D eigenvalue weighted by molar-refractivity contribution is 1.22. The third kappa shape index (κ3) is 2.05. The predicted octanol–water partition coefficient (Wildman–Crippen LogP) is 3.58. The van der Waals surface area contributed by atoms with E-state index < -0.39 is 0 Å². The predicted molar refractivity (Wildman–Crippen MR) is 64.1 cm³/mol. The Morgan fingerprint density at radius 3 is 2.81 bits per heavy atom. The number of rotatable bonds is 1. The number of aromatic nitrogens is 1. The fraction of sp³-hybridized carbons (Fsp3) is 0.0769. The van der Waals surface area contributed by atoms with E-state index in [9.17, 15) is 0 Å². The Hall–Kier alpha value is -1.85. The smallest absolute Gasteiger partial charge is 0.141 e. The standard InChI is InChI=1S/C13H9ClN2/c1-9-8-16-12(7-15)6-13(9)10-3-2-4-11(14)5-10/h2-6,8H,1H3. The zero-order valence-corrected chi connectivity index (χ0v) is 9.49. The lowest BCUT2D eigenvalue weighted by Gasteiger charge is -2.06. The normalized spacial score (nSPS) is 9.81. The summed E-state index contributed by atoms with van der Waals surface area (Å²) in [4.78, 5) is 4.01. The number of aryl methyl sites for hydroxylation is 1. The first-order valence-electron chi connectivity index (χ1n) is 4.83. The SMILES string of the molecule is Cc1cnc(C#N)cc1-c1cccc(Cl)c1. The van der Waals surface area contributed by atoms with Gasteiger partial charge in [0.25, 0.3) is 0 Å². The molecule has 2 nitrogen and oxygen atoms in total. The molecule has 0 saturated carbocycles. The zero-order valence-electron chi connectivity index (χ0n) is 8.74. The molecule has 0 amide bonds. The molecule has 1 heterocycles. The highest BCUT2D eigenvalue weighted by atomic mass is 35.5. The van der Waals surface area contributed by atoms with E-state index in [1.165, 1.54) is 0 Å². The number of nitrogens with zero attached hydrogens (tertiary/aromatic N) is 2. The van der Waals surface area contributed by atoms with E-state index in [1.807, 2.05) is 37.3 Å². The Kier molecular flexibility index (Phi) is 2.89. The highest BCUT2D eigenvalue weighted by Gasteiger charge is 2.04. The lowest BCUT2D eigenvalue weighted by Crippen LogP contribution is -1.89. The van der Waals surface area contributed by atoms with Crippen molar-refractivity contribution < 1.29 is 0 Å². The van der Waals surface area contributed by atoms with Gasteiger partial charge >= 0.3 is 0 Å². The Bertz CT molecular complexity index is 570. The average molecular weight is 229 g/mol. The van der Waals surface area contributed by atoms with Crippen LogP contribution in [0.4, 0.5) is 0 Å². The first-order chi connectivity index (χ1) is 7.70. The fourth-order valence-electron chi connectivity index (χ4n) is 1.55. The van der Waals surface area contributed by atoms with Crippen LogP contribution in [-0.2, 0) is 0 Å². The van der Waals surface area contributed by atoms with Crippen LogP contribution in [0.3, 0.4) is 0 Å². The van der Waals surface area contributed by atoms with Crippen LogP contribution in [0.25, 0.3) is 11.1 Å². The second kappa shape index (κ2) is 4.34. The molecule has 3 heteroatoms. The maximum Gasteiger partial charge on any atom is 0.141 e. The van der Waals surface area contributed by atoms with Gasteiger partial charge in [0.15, 0.2) is 0 Å². The molecule has 0 unspecified atom stereocenters. The summed E-state index contributed by atoms with van der Waals surface area (Å²) in [6, 6.07) is 11.4. The van der Waals surface area contributed by atoms with Crippen molar-refractivity contribution in [3.63, 3.8) is 0 Å². The van der Waals surface area contributed by atoms with Gasteiger partial charge in [-0.2, -0.15) is 5.26 Å². The molecule has 2 aromatic rings. The quantitative estimate of drug-likeness (QED) is 0.748. The minimum atomic E-state index is 0.417. The molecule has 0 spiro atoms. The van der Waals surface area contributed by atoms with Crippen LogP contribution in [0.15, 0.2) is 36.5 Å². The first kappa shape index (κ1) is 10.7. The molecule has 0 N–H and O–H groups in total. The third-order valence-corrected chi connectivity index (χ3v) is 2.59. The number of benzene rings is 1. The fourth-order valence-corrected chi connectivity index (χ4v) is 1.74. The first-order valence-corrected chi connectivity index (χ1v) is 5.21. The Labute approximate surface area is 99.1 Å². The molecule has 2 rings (SSSR count). The summed E-state index contributed by atoms with van der Waals surface area (Å²) < 4.78 is 0. The number of hydrogen-bond donors (Lipinski definition) is 0. The van der Waals surface area contributed by atoms with Gasteiger partial charge in [0.05, 0.1) is 0 Å². The minimum absolute atomic E-state index is 0.417. The van der Waals surface area contributed by atoms with Gasteiger partial charge in [-0.1, -0.05) is 23.7 Å². The van der Waals surface area contributed by atoms with E-state index >= 15 is 0 Å². The van der Waals surface area contributed by atoms with Crippen molar-refractivity contribution in [2.24, 2.45) is 0 Å². The number of pyridine rings is 1. The summed E-state index contributed by atoms with van der Waals surface area (Å²) in [5, 5.41) is 9.50. The zero-order chi connectivity index (χ0) is 11.5. The van der Waals surface area contributed by atoms with Gasteiger partial charge in [0, 0.05) is 11.2 Å². The van der Waals surface area contributed by atoms with Crippen LogP contribution >= 0.6 is 11.6 Å². The van der Waals surface area contributed by atoms with E-state index in [2.05, 4.69) is 4.98 Å². The Morgan fingerprint density at radius 1 is 1.31 bits per heavy atom. The molecule has 0 aliphatic carbocycles. The van der Waals surface area contributed by atoms with E-state index in [4.69, 9.17) is 16.9 Å². The molecule has 78 valence electrons. The molecule has 0 aliphatic heterocycles. The van der Waals surface area contributed by atoms with E-state index in [1.54, 1.807) is 12.3 Å². The molecule has 1 aromatic heterocycles. The van der Waals surface area contributed by atoms with Crippen LogP contribution < -0.4 is 0 Å². The van der Waals surface area contributed by atoms with Crippen LogP contribution in [0.1, 0.15) is 11.3 Å². The second-order valence-electron chi connectivity index (χ2n) is 3.51. The molecule has 0 fully saturated rings. The summed E-state index contributed by atoms with van der Waals surface area (Å²) >= 11 is 5.94. The maximum absolute atomic E-state index is 8.82. The van der Waals surface area contributed by atoms with Gasteiger partial charge in [-0.05, 0) is 41.8 Å². The maximum atomic E-state index is 8.82. The van der Waals surface area contributed by atoms with Crippen LogP contribution in [0.5, 0.6) is 0 Å². The van der Waals surface area contributed by atoms with Crippen LogP contribution in [0.2, 0.25) is 5.02 Å². The summed E-state index contributed by atoms with van der Waals surface area (Å²) in [6.45, 7) is 1.96. The average Bonchev–Trinajstić information content (AvgIpc) is 2.30. The number of halogens is 1. The molecule has 0 radical (unpaired) electrons. The van der Waals surface area contributed by atoms with Gasteiger partial charge in [-0.15, -0.1) is 0 Å².